The van der Waals surface area contributed by atoms with E-state index < -0.39 is 0 Å². The van der Waals surface area contributed by atoms with Crippen molar-refractivity contribution in [3.8, 4) is 0 Å². The molecule has 0 aliphatic rings. The van der Waals surface area contributed by atoms with Crippen molar-refractivity contribution in [3.05, 3.63) is 19.2 Å². The first-order valence-electron chi connectivity index (χ1n) is 3.31. The summed E-state index contributed by atoms with van der Waals surface area (Å²) in [6.07, 6.45) is 0. The van der Waals surface area contributed by atoms with Crippen molar-refractivity contribution in [3.63, 3.8) is 0 Å². The van der Waals surface area contributed by atoms with Gasteiger partial charge in [-0.05, 0) is 50.1 Å². The molecule has 1 aromatic rings. The summed E-state index contributed by atoms with van der Waals surface area (Å²) in [5.41, 5.74) is 10.4. The molecule has 0 spiro atoms. The summed E-state index contributed by atoms with van der Waals surface area (Å²) in [5.74, 6) is -0.299. The molecule has 4 nitrogen and oxygen atoms in total. The zero-order valence-corrected chi connectivity index (χ0v) is 11.4. The highest BCUT2D eigenvalue weighted by Gasteiger charge is 2.12. The smallest absolute Gasteiger partial charge is 0.271 e. The number of thiophene rings is 1. The number of nitrogens with one attached hydrogen (secondary N) is 2. The third-order valence-corrected chi connectivity index (χ3v) is 3.64. The van der Waals surface area contributed by atoms with Crippen molar-refractivity contribution in [1.82, 2.24) is 10.9 Å². The molecule has 1 amide bonds. The molecule has 0 fully saturated rings. The number of nitrogens with two attached hydrogens (primary N) is 1. The molecule has 0 aliphatic heterocycles. The zero-order chi connectivity index (χ0) is 10.7. The van der Waals surface area contributed by atoms with Gasteiger partial charge in [0.25, 0.3) is 5.91 Å². The van der Waals surface area contributed by atoms with Crippen molar-refractivity contribution in [2.45, 2.75) is 0 Å². The lowest BCUT2D eigenvalue weighted by Crippen LogP contribution is -2.44. The third-order valence-electron chi connectivity index (χ3n) is 1.20. The lowest BCUT2D eigenvalue weighted by molar-refractivity contribution is 0.0944. The summed E-state index contributed by atoms with van der Waals surface area (Å²) in [4.78, 5) is 11.5. The van der Waals surface area contributed by atoms with Gasteiger partial charge in [0.15, 0.2) is 5.11 Å². The molecule has 0 unspecified atom stereocenters. The van der Waals surface area contributed by atoms with Crippen LogP contribution in [0.25, 0.3) is 0 Å². The van der Waals surface area contributed by atoms with Crippen LogP contribution in [0, 0.1) is 0 Å². The fraction of sp³-hybridized carbons (Fsp3) is 0. The van der Waals surface area contributed by atoms with Crippen LogP contribution in [0.4, 0.5) is 0 Å². The van der Waals surface area contributed by atoms with E-state index >= 15 is 0 Å². The number of halogens is 2. The van der Waals surface area contributed by atoms with Gasteiger partial charge in [0.1, 0.15) is 0 Å². The van der Waals surface area contributed by atoms with Crippen LogP contribution in [0.2, 0.25) is 0 Å². The first-order chi connectivity index (χ1) is 6.50. The molecule has 1 rings (SSSR count). The van der Waals surface area contributed by atoms with Crippen molar-refractivity contribution in [1.29, 1.82) is 0 Å². The molecule has 0 saturated carbocycles. The van der Waals surface area contributed by atoms with E-state index in [2.05, 4.69) is 54.9 Å². The van der Waals surface area contributed by atoms with Gasteiger partial charge in [-0.25, -0.2) is 0 Å². The molecule has 0 aliphatic carbocycles. The number of thiocarbonyl (C=S) groups is 1. The third kappa shape index (κ3) is 3.19. The Balaban J connectivity index is 2.69. The molecule has 8 heteroatoms. The van der Waals surface area contributed by atoms with Gasteiger partial charge in [-0.15, -0.1) is 11.3 Å². The number of amides is 1. The van der Waals surface area contributed by atoms with E-state index in [0.29, 0.717) is 5.56 Å². The molecule has 76 valence electrons. The van der Waals surface area contributed by atoms with Crippen molar-refractivity contribution in [2.75, 3.05) is 0 Å². The molecule has 1 aromatic heterocycles. The van der Waals surface area contributed by atoms with Gasteiger partial charge in [0, 0.05) is 0 Å². The number of carbonyl (C=O) groups is 1. The number of carbonyl (C=O) groups excluding carboxylic acids is 1. The van der Waals surface area contributed by atoms with Gasteiger partial charge >= 0.3 is 0 Å². The quantitative estimate of drug-likeness (QED) is 0.528. The zero-order valence-electron chi connectivity index (χ0n) is 6.64. The predicted molar refractivity (Wildman–Crippen MR) is 67.1 cm³/mol. The second-order valence-electron chi connectivity index (χ2n) is 2.18. The molecule has 0 saturated heterocycles. The van der Waals surface area contributed by atoms with E-state index in [1.165, 1.54) is 11.3 Å². The molecule has 4 N–H and O–H groups in total. The van der Waals surface area contributed by atoms with Gasteiger partial charge in [-0.1, -0.05) is 0 Å². The van der Waals surface area contributed by atoms with Crippen molar-refractivity contribution >= 4 is 66.4 Å². The van der Waals surface area contributed by atoms with E-state index in [4.69, 9.17) is 5.73 Å². The Morgan fingerprint density at radius 1 is 1.50 bits per heavy atom. The molecular weight excluding hydrogens is 354 g/mol. The van der Waals surface area contributed by atoms with Gasteiger partial charge < -0.3 is 5.73 Å². The van der Waals surface area contributed by atoms with Crippen LogP contribution in [-0.4, -0.2) is 11.0 Å². The Morgan fingerprint density at radius 3 is 2.57 bits per heavy atom. The van der Waals surface area contributed by atoms with Gasteiger partial charge in [0.05, 0.1) is 13.1 Å². The second kappa shape index (κ2) is 5.06. The standard InChI is InChI=1S/C6H5Br2N3OS2/c7-3-1-2(4(8)14-3)5(12)10-11-6(9)13/h1H,(H,10,12)(H3,9,11,13). The van der Waals surface area contributed by atoms with Crippen LogP contribution in [0.3, 0.4) is 0 Å². The van der Waals surface area contributed by atoms with E-state index in [-0.39, 0.29) is 11.0 Å². The lowest BCUT2D eigenvalue weighted by atomic mass is 10.3. The number of hydrogen-bond donors (Lipinski definition) is 3. The Kier molecular flexibility index (Phi) is 4.30. The van der Waals surface area contributed by atoms with E-state index in [9.17, 15) is 4.79 Å². The SMILES string of the molecule is NC(=S)NNC(=O)c1cc(Br)sc1Br. The monoisotopic (exact) mass is 357 g/mol. The van der Waals surface area contributed by atoms with Crippen LogP contribution in [0.1, 0.15) is 10.4 Å². The predicted octanol–water partition coefficient (Wildman–Crippen LogP) is 1.75. The Morgan fingerprint density at radius 2 is 2.14 bits per heavy atom. The van der Waals surface area contributed by atoms with Crippen molar-refractivity contribution in [2.24, 2.45) is 5.73 Å². The van der Waals surface area contributed by atoms with Crippen LogP contribution >= 0.6 is 55.4 Å². The van der Waals surface area contributed by atoms with Crippen LogP contribution < -0.4 is 16.6 Å². The summed E-state index contributed by atoms with van der Waals surface area (Å²) < 4.78 is 1.61. The minimum Gasteiger partial charge on any atom is -0.375 e. The summed E-state index contributed by atoms with van der Waals surface area (Å²) in [7, 11) is 0. The Hall–Kier alpha value is -0.180. The lowest BCUT2D eigenvalue weighted by Gasteiger charge is -2.04. The Labute approximate surface area is 106 Å². The summed E-state index contributed by atoms with van der Waals surface area (Å²) in [6.45, 7) is 0. The first kappa shape index (κ1) is 11.9. The normalized spacial score (nSPS) is 9.57. The number of hydrazine groups is 1. The fourth-order valence-corrected chi connectivity index (χ4v) is 3.53. The summed E-state index contributed by atoms with van der Waals surface area (Å²) in [6, 6.07) is 1.70. The maximum absolute atomic E-state index is 11.5. The molecular formula is C6H5Br2N3OS2. The van der Waals surface area contributed by atoms with E-state index in [1.807, 2.05) is 0 Å². The highest BCUT2D eigenvalue weighted by molar-refractivity contribution is 9.12. The highest BCUT2D eigenvalue weighted by Crippen LogP contribution is 2.31. The number of hydrogen-bond acceptors (Lipinski definition) is 3. The molecule has 1 heterocycles. The Bertz CT molecular complexity index is 379. The summed E-state index contributed by atoms with van der Waals surface area (Å²) >= 11 is 12.5. The highest BCUT2D eigenvalue weighted by atomic mass is 79.9. The first-order valence-corrected chi connectivity index (χ1v) is 6.12. The topological polar surface area (TPSA) is 67.2 Å². The molecule has 0 atom stereocenters. The van der Waals surface area contributed by atoms with E-state index in [0.717, 1.165) is 7.57 Å². The fourth-order valence-electron chi connectivity index (χ4n) is 0.681. The maximum atomic E-state index is 11.5. The number of rotatable bonds is 1. The summed E-state index contributed by atoms with van der Waals surface area (Å²) in [5, 5.41) is 0.0174. The average Bonchev–Trinajstić information content (AvgIpc) is 2.41. The van der Waals surface area contributed by atoms with Crippen LogP contribution in [0.5, 0.6) is 0 Å². The minimum atomic E-state index is -0.299. The second-order valence-corrected chi connectivity index (χ2v) is 6.37. The minimum absolute atomic E-state index is 0.0174. The van der Waals surface area contributed by atoms with Gasteiger partial charge in [-0.2, -0.15) is 0 Å². The maximum Gasteiger partial charge on any atom is 0.271 e. The molecule has 0 radical (unpaired) electrons. The van der Waals surface area contributed by atoms with Crippen LogP contribution in [0.15, 0.2) is 13.6 Å². The van der Waals surface area contributed by atoms with Gasteiger partial charge in [-0.3, -0.25) is 15.6 Å². The largest absolute Gasteiger partial charge is 0.375 e. The van der Waals surface area contributed by atoms with E-state index in [1.54, 1.807) is 6.07 Å². The van der Waals surface area contributed by atoms with Gasteiger partial charge in [0.2, 0.25) is 0 Å². The average molecular weight is 359 g/mol. The molecule has 14 heavy (non-hydrogen) atoms. The van der Waals surface area contributed by atoms with Crippen LogP contribution in [-0.2, 0) is 0 Å². The molecule has 0 bridgehead atoms. The van der Waals surface area contributed by atoms with Crippen molar-refractivity contribution < 1.29 is 4.79 Å². The molecule has 0 aromatic carbocycles.